The van der Waals surface area contributed by atoms with Gasteiger partial charge in [-0.1, -0.05) is 25.0 Å². The molecule has 3 rings (SSSR count). The first-order valence-electron chi connectivity index (χ1n) is 8.66. The van der Waals surface area contributed by atoms with Gasteiger partial charge in [0.1, 0.15) is 5.82 Å². The van der Waals surface area contributed by atoms with Gasteiger partial charge in [0, 0.05) is 17.8 Å². The Morgan fingerprint density at radius 3 is 2.60 bits per heavy atom. The first-order valence-corrected chi connectivity index (χ1v) is 8.66. The molecule has 2 N–H and O–H groups in total. The predicted molar refractivity (Wildman–Crippen MR) is 94.9 cm³/mol. The van der Waals surface area contributed by atoms with Gasteiger partial charge in [0.2, 0.25) is 5.91 Å². The van der Waals surface area contributed by atoms with Crippen LogP contribution in [-0.2, 0) is 16.8 Å². The van der Waals surface area contributed by atoms with Crippen molar-refractivity contribution in [2.24, 2.45) is 0 Å². The summed E-state index contributed by atoms with van der Waals surface area (Å²) in [5, 5.41) is 2.92. The molecule has 0 bridgehead atoms. The van der Waals surface area contributed by atoms with E-state index in [2.05, 4.69) is 10.3 Å². The largest absolute Gasteiger partial charge is 0.351 e. The van der Waals surface area contributed by atoms with E-state index in [1.807, 2.05) is 26.0 Å². The number of aryl methyl sites for hydroxylation is 2. The van der Waals surface area contributed by atoms with Crippen LogP contribution in [0.1, 0.15) is 48.1 Å². The molecule has 2 aromatic rings. The molecule has 25 heavy (non-hydrogen) atoms. The molecule has 0 radical (unpaired) electrons. The number of hydrogen-bond acceptors (Lipinski definition) is 2. The Morgan fingerprint density at radius 2 is 1.96 bits per heavy atom. The number of carbonyl (C=O) groups is 1. The van der Waals surface area contributed by atoms with Crippen molar-refractivity contribution in [2.75, 3.05) is 0 Å². The smallest absolute Gasteiger partial charge is 0.253 e. The van der Waals surface area contributed by atoms with Crippen molar-refractivity contribution in [2.45, 2.75) is 51.5 Å². The van der Waals surface area contributed by atoms with Gasteiger partial charge >= 0.3 is 0 Å². The molecule has 1 aliphatic carbocycles. The molecule has 1 aromatic heterocycles. The monoisotopic (exact) mass is 342 g/mol. The van der Waals surface area contributed by atoms with Crippen LogP contribution in [0, 0.1) is 19.7 Å². The summed E-state index contributed by atoms with van der Waals surface area (Å²) in [7, 11) is 0. The molecule has 1 amide bonds. The van der Waals surface area contributed by atoms with E-state index in [0.29, 0.717) is 18.4 Å². The maximum atomic E-state index is 13.7. The molecule has 0 aliphatic heterocycles. The third-order valence-electron chi connectivity index (χ3n) is 5.19. The summed E-state index contributed by atoms with van der Waals surface area (Å²) < 4.78 is 13.7. The SMILES string of the molecule is Cc1cc(C)c(CNC(=O)C2(c3cccc(F)c3)CCCC2)c(=O)[nH]1. The second-order valence-corrected chi connectivity index (χ2v) is 6.93. The van der Waals surface area contributed by atoms with E-state index in [4.69, 9.17) is 0 Å². The summed E-state index contributed by atoms with van der Waals surface area (Å²) in [6, 6.07) is 8.19. The number of pyridine rings is 1. The molecule has 1 aromatic carbocycles. The van der Waals surface area contributed by atoms with Crippen molar-refractivity contribution in [3.05, 3.63) is 68.9 Å². The highest BCUT2D eigenvalue weighted by Gasteiger charge is 2.42. The number of halogens is 1. The van der Waals surface area contributed by atoms with Crippen molar-refractivity contribution in [1.82, 2.24) is 10.3 Å². The minimum absolute atomic E-state index is 0.130. The lowest BCUT2D eigenvalue weighted by molar-refractivity contribution is -0.126. The molecule has 1 aliphatic rings. The third-order valence-corrected chi connectivity index (χ3v) is 5.19. The number of H-pyrrole nitrogens is 1. The second-order valence-electron chi connectivity index (χ2n) is 6.93. The van der Waals surface area contributed by atoms with Crippen LogP contribution >= 0.6 is 0 Å². The standard InChI is InChI=1S/C20H23FN2O2/c1-13-10-14(2)23-18(24)17(13)12-22-19(25)20(8-3-4-9-20)15-6-5-7-16(21)11-15/h5-7,10-11H,3-4,8-9,12H2,1-2H3,(H,22,25)(H,23,24). The quantitative estimate of drug-likeness (QED) is 0.896. The van der Waals surface area contributed by atoms with Gasteiger partial charge in [-0.15, -0.1) is 0 Å². The number of rotatable bonds is 4. The Balaban J connectivity index is 1.85. The predicted octanol–water partition coefficient (Wildman–Crippen LogP) is 3.26. The van der Waals surface area contributed by atoms with Crippen molar-refractivity contribution < 1.29 is 9.18 Å². The van der Waals surface area contributed by atoms with Crippen LogP contribution in [0.3, 0.4) is 0 Å². The van der Waals surface area contributed by atoms with Gasteiger partial charge < -0.3 is 10.3 Å². The fourth-order valence-electron chi connectivity index (χ4n) is 3.85. The van der Waals surface area contributed by atoms with E-state index in [9.17, 15) is 14.0 Å². The Labute approximate surface area is 146 Å². The van der Waals surface area contributed by atoms with Crippen LogP contribution in [0.5, 0.6) is 0 Å². The van der Waals surface area contributed by atoms with Gasteiger partial charge in [-0.05, 0) is 56.0 Å². The van der Waals surface area contributed by atoms with E-state index in [-0.39, 0.29) is 23.8 Å². The number of amides is 1. The first kappa shape index (κ1) is 17.4. The van der Waals surface area contributed by atoms with E-state index >= 15 is 0 Å². The molecule has 1 heterocycles. The van der Waals surface area contributed by atoms with E-state index in [0.717, 1.165) is 29.7 Å². The fraction of sp³-hybridized carbons (Fsp3) is 0.400. The molecule has 0 atom stereocenters. The van der Waals surface area contributed by atoms with Crippen LogP contribution < -0.4 is 10.9 Å². The molecule has 1 saturated carbocycles. The molecular weight excluding hydrogens is 319 g/mol. The van der Waals surface area contributed by atoms with Crippen LogP contribution in [0.25, 0.3) is 0 Å². The Hall–Kier alpha value is -2.43. The average molecular weight is 342 g/mol. The molecular formula is C20H23FN2O2. The number of hydrogen-bond donors (Lipinski definition) is 2. The zero-order chi connectivity index (χ0) is 18.0. The molecule has 5 heteroatoms. The van der Waals surface area contributed by atoms with Crippen LogP contribution in [-0.4, -0.2) is 10.9 Å². The van der Waals surface area contributed by atoms with E-state index < -0.39 is 5.41 Å². The van der Waals surface area contributed by atoms with Gasteiger partial charge in [0.15, 0.2) is 0 Å². The fourth-order valence-corrected chi connectivity index (χ4v) is 3.85. The maximum absolute atomic E-state index is 13.7. The zero-order valence-electron chi connectivity index (χ0n) is 14.6. The van der Waals surface area contributed by atoms with E-state index in [1.54, 1.807) is 6.07 Å². The summed E-state index contributed by atoms with van der Waals surface area (Å²) in [6.45, 7) is 3.87. The van der Waals surface area contributed by atoms with Crippen molar-refractivity contribution in [3.63, 3.8) is 0 Å². The lowest BCUT2D eigenvalue weighted by atomic mass is 9.78. The third kappa shape index (κ3) is 3.36. The zero-order valence-corrected chi connectivity index (χ0v) is 14.6. The highest BCUT2D eigenvalue weighted by molar-refractivity contribution is 5.88. The minimum Gasteiger partial charge on any atom is -0.351 e. The molecule has 0 spiro atoms. The number of carbonyl (C=O) groups excluding carboxylic acids is 1. The number of benzene rings is 1. The Morgan fingerprint density at radius 1 is 1.24 bits per heavy atom. The lowest BCUT2D eigenvalue weighted by Crippen LogP contribution is -2.43. The summed E-state index contributed by atoms with van der Waals surface area (Å²) >= 11 is 0. The van der Waals surface area contributed by atoms with Gasteiger partial charge in [-0.3, -0.25) is 9.59 Å². The molecule has 1 fully saturated rings. The normalized spacial score (nSPS) is 16.0. The van der Waals surface area contributed by atoms with Crippen LogP contribution in [0.2, 0.25) is 0 Å². The van der Waals surface area contributed by atoms with Gasteiger partial charge in [0.05, 0.1) is 5.41 Å². The minimum atomic E-state index is -0.701. The Kier molecular flexibility index (Phi) is 4.75. The summed E-state index contributed by atoms with van der Waals surface area (Å²) in [6.07, 6.45) is 3.28. The van der Waals surface area contributed by atoms with Gasteiger partial charge in [0.25, 0.3) is 5.56 Å². The number of nitrogens with one attached hydrogen (secondary N) is 2. The molecule has 132 valence electrons. The second kappa shape index (κ2) is 6.82. The van der Waals surface area contributed by atoms with Gasteiger partial charge in [-0.25, -0.2) is 4.39 Å². The highest BCUT2D eigenvalue weighted by atomic mass is 19.1. The highest BCUT2D eigenvalue weighted by Crippen LogP contribution is 2.41. The number of aromatic amines is 1. The molecule has 0 unspecified atom stereocenters. The molecule has 4 nitrogen and oxygen atoms in total. The summed E-state index contributed by atoms with van der Waals surface area (Å²) in [4.78, 5) is 27.9. The molecule has 0 saturated heterocycles. The first-order chi connectivity index (χ1) is 11.9. The maximum Gasteiger partial charge on any atom is 0.253 e. The van der Waals surface area contributed by atoms with Crippen LogP contribution in [0.15, 0.2) is 35.1 Å². The number of aromatic nitrogens is 1. The Bertz CT molecular complexity index is 851. The van der Waals surface area contributed by atoms with E-state index in [1.165, 1.54) is 12.1 Å². The van der Waals surface area contributed by atoms with Crippen molar-refractivity contribution >= 4 is 5.91 Å². The summed E-state index contributed by atoms with van der Waals surface area (Å²) in [5.41, 5.74) is 2.05. The topological polar surface area (TPSA) is 62.0 Å². The lowest BCUT2D eigenvalue weighted by Gasteiger charge is -2.28. The van der Waals surface area contributed by atoms with Crippen molar-refractivity contribution in [3.8, 4) is 0 Å². The van der Waals surface area contributed by atoms with Gasteiger partial charge in [-0.2, -0.15) is 0 Å². The summed E-state index contributed by atoms with van der Waals surface area (Å²) in [5.74, 6) is -0.461. The average Bonchev–Trinajstić information content (AvgIpc) is 3.04. The van der Waals surface area contributed by atoms with Crippen LogP contribution in [0.4, 0.5) is 4.39 Å². The van der Waals surface area contributed by atoms with Crippen molar-refractivity contribution in [1.29, 1.82) is 0 Å².